The van der Waals surface area contributed by atoms with Gasteiger partial charge in [-0.25, -0.2) is 4.79 Å². The molecule has 0 aliphatic rings. The second-order valence-electron chi connectivity index (χ2n) is 3.80. The third-order valence-corrected chi connectivity index (χ3v) is 2.27. The molecule has 0 aliphatic heterocycles. The van der Waals surface area contributed by atoms with Crippen molar-refractivity contribution in [2.24, 2.45) is 0 Å². The predicted molar refractivity (Wildman–Crippen MR) is 68.4 cm³/mol. The standard InChI is InChI=1S/C13H20N2O2/c1-3-8-14-13(16)15-9-10-17-12-7-5-4-6-11(12)2/h4-7H,3,8-10H2,1-2H3,(H2,14,15,16). The van der Waals surface area contributed by atoms with Crippen molar-refractivity contribution in [1.29, 1.82) is 0 Å². The summed E-state index contributed by atoms with van der Waals surface area (Å²) in [6.45, 7) is 5.69. The molecule has 0 saturated heterocycles. The monoisotopic (exact) mass is 236 g/mol. The number of urea groups is 1. The molecule has 4 heteroatoms. The van der Waals surface area contributed by atoms with Crippen LogP contribution in [0, 0.1) is 6.92 Å². The summed E-state index contributed by atoms with van der Waals surface area (Å²) in [6, 6.07) is 7.69. The van der Waals surface area contributed by atoms with E-state index in [2.05, 4.69) is 10.6 Å². The highest BCUT2D eigenvalue weighted by atomic mass is 16.5. The number of carbonyl (C=O) groups is 1. The van der Waals surface area contributed by atoms with Gasteiger partial charge in [0.05, 0.1) is 6.54 Å². The molecule has 1 rings (SSSR count). The van der Waals surface area contributed by atoms with E-state index in [4.69, 9.17) is 4.74 Å². The zero-order valence-electron chi connectivity index (χ0n) is 10.5. The van der Waals surface area contributed by atoms with Gasteiger partial charge in [-0.15, -0.1) is 0 Å². The van der Waals surface area contributed by atoms with Gasteiger partial charge in [0, 0.05) is 6.54 Å². The first-order valence-electron chi connectivity index (χ1n) is 5.94. The molecule has 0 saturated carbocycles. The number of benzene rings is 1. The summed E-state index contributed by atoms with van der Waals surface area (Å²) in [5.41, 5.74) is 1.10. The van der Waals surface area contributed by atoms with Crippen molar-refractivity contribution in [3.05, 3.63) is 29.8 Å². The lowest BCUT2D eigenvalue weighted by Crippen LogP contribution is -2.37. The van der Waals surface area contributed by atoms with Crippen molar-refractivity contribution >= 4 is 6.03 Å². The molecule has 1 aromatic rings. The molecule has 0 aromatic heterocycles. The summed E-state index contributed by atoms with van der Waals surface area (Å²) in [6.07, 6.45) is 0.938. The first-order chi connectivity index (χ1) is 8.24. The Kier molecular flexibility index (Phi) is 5.93. The molecule has 0 atom stereocenters. The summed E-state index contributed by atoms with van der Waals surface area (Å²) >= 11 is 0. The van der Waals surface area contributed by atoms with E-state index in [0.29, 0.717) is 19.7 Å². The normalized spacial score (nSPS) is 9.76. The Labute approximate surface area is 102 Å². The average Bonchev–Trinajstić information content (AvgIpc) is 2.34. The SMILES string of the molecule is CCCNC(=O)NCCOc1ccccc1C. The summed E-state index contributed by atoms with van der Waals surface area (Å²) in [4.78, 5) is 11.2. The van der Waals surface area contributed by atoms with Gasteiger partial charge >= 0.3 is 6.03 Å². The number of aryl methyl sites for hydroxylation is 1. The lowest BCUT2D eigenvalue weighted by Gasteiger charge is -2.10. The largest absolute Gasteiger partial charge is 0.491 e. The van der Waals surface area contributed by atoms with E-state index in [-0.39, 0.29) is 6.03 Å². The summed E-state index contributed by atoms with van der Waals surface area (Å²) in [5, 5.41) is 5.47. The molecule has 94 valence electrons. The first-order valence-corrected chi connectivity index (χ1v) is 5.94. The number of amides is 2. The maximum atomic E-state index is 11.2. The Hall–Kier alpha value is -1.71. The fourth-order valence-corrected chi connectivity index (χ4v) is 1.34. The van der Waals surface area contributed by atoms with Crippen molar-refractivity contribution < 1.29 is 9.53 Å². The third kappa shape index (κ3) is 5.24. The molecule has 2 N–H and O–H groups in total. The van der Waals surface area contributed by atoms with Gasteiger partial charge in [-0.05, 0) is 25.0 Å². The zero-order chi connectivity index (χ0) is 12.5. The van der Waals surface area contributed by atoms with E-state index < -0.39 is 0 Å². The number of hydrogen-bond acceptors (Lipinski definition) is 2. The molecule has 0 unspecified atom stereocenters. The number of ether oxygens (including phenoxy) is 1. The number of para-hydroxylation sites is 1. The minimum Gasteiger partial charge on any atom is -0.491 e. The Morgan fingerprint density at radius 1 is 1.24 bits per heavy atom. The van der Waals surface area contributed by atoms with Crippen molar-refractivity contribution in [2.45, 2.75) is 20.3 Å². The zero-order valence-corrected chi connectivity index (χ0v) is 10.5. The summed E-state index contributed by atoms with van der Waals surface area (Å²) in [5.74, 6) is 0.864. The van der Waals surface area contributed by atoms with Crippen LogP contribution >= 0.6 is 0 Å². The van der Waals surface area contributed by atoms with E-state index in [1.165, 1.54) is 0 Å². The van der Waals surface area contributed by atoms with Gasteiger partial charge < -0.3 is 15.4 Å². The second kappa shape index (κ2) is 7.54. The predicted octanol–water partition coefficient (Wildman–Crippen LogP) is 2.08. The molecule has 0 aliphatic carbocycles. The van der Waals surface area contributed by atoms with Crippen molar-refractivity contribution in [3.8, 4) is 5.75 Å². The van der Waals surface area contributed by atoms with Gasteiger partial charge in [-0.3, -0.25) is 0 Å². The van der Waals surface area contributed by atoms with Crippen LogP contribution in [0.4, 0.5) is 4.79 Å². The molecular weight excluding hydrogens is 216 g/mol. The minimum absolute atomic E-state index is 0.139. The highest BCUT2D eigenvalue weighted by Gasteiger charge is 1.99. The Morgan fingerprint density at radius 2 is 1.94 bits per heavy atom. The highest BCUT2D eigenvalue weighted by molar-refractivity contribution is 5.73. The molecule has 4 nitrogen and oxygen atoms in total. The molecule has 1 aromatic carbocycles. The van der Waals surface area contributed by atoms with E-state index in [1.54, 1.807) is 0 Å². The molecule has 0 bridgehead atoms. The smallest absolute Gasteiger partial charge is 0.314 e. The van der Waals surface area contributed by atoms with E-state index in [1.807, 2.05) is 38.1 Å². The molecule has 0 fully saturated rings. The number of carbonyl (C=O) groups excluding carboxylic acids is 1. The van der Waals surface area contributed by atoms with Crippen molar-refractivity contribution in [3.63, 3.8) is 0 Å². The van der Waals surface area contributed by atoms with Gasteiger partial charge in [0.2, 0.25) is 0 Å². The summed E-state index contributed by atoms with van der Waals surface area (Å²) in [7, 11) is 0. The van der Waals surface area contributed by atoms with Crippen LogP contribution in [0.2, 0.25) is 0 Å². The average molecular weight is 236 g/mol. The van der Waals surface area contributed by atoms with Crippen molar-refractivity contribution in [2.75, 3.05) is 19.7 Å². The van der Waals surface area contributed by atoms with Gasteiger partial charge in [-0.2, -0.15) is 0 Å². The van der Waals surface area contributed by atoms with E-state index >= 15 is 0 Å². The van der Waals surface area contributed by atoms with Gasteiger partial charge in [0.15, 0.2) is 0 Å². The van der Waals surface area contributed by atoms with Gasteiger partial charge in [0.25, 0.3) is 0 Å². The van der Waals surface area contributed by atoms with Crippen LogP contribution in [0.1, 0.15) is 18.9 Å². The van der Waals surface area contributed by atoms with E-state index in [0.717, 1.165) is 17.7 Å². The van der Waals surface area contributed by atoms with Crippen molar-refractivity contribution in [1.82, 2.24) is 10.6 Å². The Balaban J connectivity index is 2.16. The number of rotatable bonds is 6. The van der Waals surface area contributed by atoms with Crippen LogP contribution in [0.25, 0.3) is 0 Å². The van der Waals surface area contributed by atoms with E-state index in [9.17, 15) is 4.79 Å². The van der Waals surface area contributed by atoms with Gasteiger partial charge in [-0.1, -0.05) is 25.1 Å². The maximum Gasteiger partial charge on any atom is 0.314 e. The number of nitrogens with one attached hydrogen (secondary N) is 2. The van der Waals surface area contributed by atoms with Crippen LogP contribution in [-0.2, 0) is 0 Å². The molecule has 0 spiro atoms. The highest BCUT2D eigenvalue weighted by Crippen LogP contribution is 2.15. The Morgan fingerprint density at radius 3 is 2.65 bits per heavy atom. The topological polar surface area (TPSA) is 50.4 Å². The lowest BCUT2D eigenvalue weighted by atomic mass is 10.2. The van der Waals surface area contributed by atoms with Crippen LogP contribution in [0.5, 0.6) is 5.75 Å². The molecular formula is C13H20N2O2. The Bertz CT molecular complexity index is 353. The lowest BCUT2D eigenvalue weighted by molar-refractivity contribution is 0.236. The summed E-state index contributed by atoms with van der Waals surface area (Å²) < 4.78 is 5.55. The number of hydrogen-bond donors (Lipinski definition) is 2. The first kappa shape index (κ1) is 13.4. The van der Waals surface area contributed by atoms with Crippen LogP contribution in [-0.4, -0.2) is 25.7 Å². The fourth-order valence-electron chi connectivity index (χ4n) is 1.34. The van der Waals surface area contributed by atoms with Gasteiger partial charge in [0.1, 0.15) is 12.4 Å². The van der Waals surface area contributed by atoms with Crippen LogP contribution in [0.15, 0.2) is 24.3 Å². The second-order valence-corrected chi connectivity index (χ2v) is 3.80. The maximum absolute atomic E-state index is 11.2. The van der Waals surface area contributed by atoms with Crippen LogP contribution < -0.4 is 15.4 Å². The molecule has 17 heavy (non-hydrogen) atoms. The molecule has 0 radical (unpaired) electrons. The third-order valence-electron chi connectivity index (χ3n) is 2.27. The molecule has 0 heterocycles. The minimum atomic E-state index is -0.139. The quantitative estimate of drug-likeness (QED) is 0.743. The molecule has 2 amide bonds. The van der Waals surface area contributed by atoms with Crippen LogP contribution in [0.3, 0.4) is 0 Å². The fraction of sp³-hybridized carbons (Fsp3) is 0.462.